The molecule has 0 aliphatic carbocycles. The van der Waals surface area contributed by atoms with E-state index in [1.54, 1.807) is 24.3 Å². The molecule has 7 heteroatoms. The molecule has 1 aliphatic heterocycles. The van der Waals surface area contributed by atoms with E-state index in [4.69, 9.17) is 15.5 Å². The number of ether oxygens (including phenoxy) is 1. The van der Waals surface area contributed by atoms with Gasteiger partial charge in [0.1, 0.15) is 0 Å². The zero-order chi connectivity index (χ0) is 22.5. The molecule has 1 aromatic heterocycles. The predicted octanol–water partition coefficient (Wildman–Crippen LogP) is 4.04. The normalized spacial score (nSPS) is 16.2. The molecule has 0 bridgehead atoms. The van der Waals surface area contributed by atoms with Crippen LogP contribution in [-0.2, 0) is 4.79 Å². The SMILES string of the molecule is NC(=O)c1cc2ccccc2nc1C1CCCN(C(=O)CCCOc2ccccc2F)C1. The first-order valence-electron chi connectivity index (χ1n) is 10.9. The lowest BCUT2D eigenvalue weighted by molar-refractivity contribution is -0.132. The third-order valence-electron chi connectivity index (χ3n) is 5.81. The maximum atomic E-state index is 13.6. The summed E-state index contributed by atoms with van der Waals surface area (Å²) in [6, 6.07) is 15.6. The van der Waals surface area contributed by atoms with Crippen LogP contribution >= 0.6 is 0 Å². The lowest BCUT2D eigenvalue weighted by atomic mass is 9.90. The Morgan fingerprint density at radius 3 is 2.75 bits per heavy atom. The number of nitrogens with two attached hydrogens (primary N) is 1. The molecule has 2 aromatic carbocycles. The number of aromatic nitrogens is 1. The molecule has 2 amide bonds. The van der Waals surface area contributed by atoms with Crippen LogP contribution in [0.3, 0.4) is 0 Å². The van der Waals surface area contributed by atoms with Crippen molar-refractivity contribution in [2.75, 3.05) is 19.7 Å². The number of fused-ring (bicyclic) bond motifs is 1. The summed E-state index contributed by atoms with van der Waals surface area (Å²) in [6.45, 7) is 1.43. The van der Waals surface area contributed by atoms with Crippen LogP contribution < -0.4 is 10.5 Å². The average Bonchev–Trinajstić information content (AvgIpc) is 2.82. The quantitative estimate of drug-likeness (QED) is 0.568. The Kier molecular flexibility index (Phi) is 6.63. The third-order valence-corrected chi connectivity index (χ3v) is 5.81. The van der Waals surface area contributed by atoms with Crippen molar-refractivity contribution in [2.45, 2.75) is 31.6 Å². The Morgan fingerprint density at radius 2 is 1.94 bits per heavy atom. The van der Waals surface area contributed by atoms with Crippen molar-refractivity contribution >= 4 is 22.7 Å². The number of carbonyl (C=O) groups excluding carboxylic acids is 2. The second-order valence-corrected chi connectivity index (χ2v) is 8.04. The number of likely N-dealkylation sites (tertiary alicyclic amines) is 1. The van der Waals surface area contributed by atoms with Crippen molar-refractivity contribution in [3.8, 4) is 5.75 Å². The first-order valence-corrected chi connectivity index (χ1v) is 10.9. The van der Waals surface area contributed by atoms with Crippen molar-refractivity contribution in [1.29, 1.82) is 0 Å². The minimum Gasteiger partial charge on any atom is -0.491 e. The second-order valence-electron chi connectivity index (χ2n) is 8.04. The van der Waals surface area contributed by atoms with Crippen LogP contribution in [0.2, 0.25) is 0 Å². The van der Waals surface area contributed by atoms with Gasteiger partial charge in [0.2, 0.25) is 5.91 Å². The van der Waals surface area contributed by atoms with E-state index in [0.29, 0.717) is 37.2 Å². The molecule has 1 fully saturated rings. The molecule has 1 aliphatic rings. The Balaban J connectivity index is 1.40. The fourth-order valence-corrected chi connectivity index (χ4v) is 4.19. The Hall–Kier alpha value is -3.48. The number of hydrogen-bond acceptors (Lipinski definition) is 4. The lowest BCUT2D eigenvalue weighted by Crippen LogP contribution is -2.39. The Morgan fingerprint density at radius 1 is 1.16 bits per heavy atom. The number of primary amides is 1. The van der Waals surface area contributed by atoms with Crippen LogP contribution in [0.5, 0.6) is 5.75 Å². The molecule has 1 atom stereocenters. The number of rotatable bonds is 7. The number of carbonyl (C=O) groups is 2. The van der Waals surface area contributed by atoms with Crippen LogP contribution in [0.15, 0.2) is 54.6 Å². The fourth-order valence-electron chi connectivity index (χ4n) is 4.19. The Labute approximate surface area is 186 Å². The molecule has 6 nitrogen and oxygen atoms in total. The van der Waals surface area contributed by atoms with Gasteiger partial charge in [0.25, 0.3) is 5.91 Å². The van der Waals surface area contributed by atoms with E-state index in [9.17, 15) is 14.0 Å². The molecule has 166 valence electrons. The van der Waals surface area contributed by atoms with Gasteiger partial charge in [-0.05, 0) is 43.5 Å². The summed E-state index contributed by atoms with van der Waals surface area (Å²) in [7, 11) is 0. The smallest absolute Gasteiger partial charge is 0.250 e. The van der Waals surface area contributed by atoms with E-state index in [1.165, 1.54) is 6.07 Å². The maximum absolute atomic E-state index is 13.6. The standard InChI is InChI=1S/C25H26FN3O3/c26-20-9-2-4-11-22(20)32-14-6-12-23(30)29-13-5-8-18(16-29)24-19(25(27)31)15-17-7-1-3-10-21(17)28-24/h1-4,7,9-11,15,18H,5-6,8,12-14,16H2,(H2,27,31). The summed E-state index contributed by atoms with van der Waals surface area (Å²) >= 11 is 0. The summed E-state index contributed by atoms with van der Waals surface area (Å²) in [5.74, 6) is -0.750. The van der Waals surface area contributed by atoms with Gasteiger partial charge in [-0.2, -0.15) is 0 Å². The molecule has 32 heavy (non-hydrogen) atoms. The number of pyridine rings is 1. The largest absolute Gasteiger partial charge is 0.491 e. The van der Waals surface area contributed by atoms with Gasteiger partial charge >= 0.3 is 0 Å². The number of nitrogens with zero attached hydrogens (tertiary/aromatic N) is 2. The van der Waals surface area contributed by atoms with Crippen molar-refractivity contribution in [3.63, 3.8) is 0 Å². The molecule has 0 saturated carbocycles. The van der Waals surface area contributed by atoms with Gasteiger partial charge in [0.15, 0.2) is 11.6 Å². The summed E-state index contributed by atoms with van der Waals surface area (Å²) in [5.41, 5.74) is 7.53. The van der Waals surface area contributed by atoms with Crippen LogP contribution in [0.4, 0.5) is 4.39 Å². The van der Waals surface area contributed by atoms with Gasteiger partial charge in [-0.25, -0.2) is 4.39 Å². The van der Waals surface area contributed by atoms with Gasteiger partial charge in [-0.1, -0.05) is 30.3 Å². The molecule has 2 N–H and O–H groups in total. The molecule has 2 heterocycles. The zero-order valence-electron chi connectivity index (χ0n) is 17.8. The zero-order valence-corrected chi connectivity index (χ0v) is 17.8. The highest BCUT2D eigenvalue weighted by atomic mass is 19.1. The van der Waals surface area contributed by atoms with Crippen LogP contribution in [-0.4, -0.2) is 41.4 Å². The van der Waals surface area contributed by atoms with E-state index in [1.807, 2.05) is 29.2 Å². The molecule has 0 spiro atoms. The van der Waals surface area contributed by atoms with E-state index >= 15 is 0 Å². The molecule has 3 aromatic rings. The number of piperidine rings is 1. The monoisotopic (exact) mass is 435 g/mol. The van der Waals surface area contributed by atoms with Gasteiger partial charge in [0.05, 0.1) is 23.4 Å². The van der Waals surface area contributed by atoms with Crippen LogP contribution in [0, 0.1) is 5.82 Å². The van der Waals surface area contributed by atoms with Gasteiger partial charge in [-0.15, -0.1) is 0 Å². The van der Waals surface area contributed by atoms with Gasteiger partial charge < -0.3 is 15.4 Å². The molecule has 4 rings (SSSR count). The molecule has 1 unspecified atom stereocenters. The lowest BCUT2D eigenvalue weighted by Gasteiger charge is -2.33. The molecular formula is C25H26FN3O3. The summed E-state index contributed by atoms with van der Waals surface area (Å²) in [4.78, 5) is 31.4. The first kappa shape index (κ1) is 21.7. The predicted molar refractivity (Wildman–Crippen MR) is 120 cm³/mol. The van der Waals surface area contributed by atoms with Crippen molar-refractivity contribution < 1.29 is 18.7 Å². The topological polar surface area (TPSA) is 85.5 Å². The summed E-state index contributed by atoms with van der Waals surface area (Å²) in [5, 5.41) is 0.864. The van der Waals surface area contributed by atoms with E-state index in [-0.39, 0.29) is 24.2 Å². The maximum Gasteiger partial charge on any atom is 0.250 e. The van der Waals surface area contributed by atoms with E-state index in [0.717, 1.165) is 23.7 Å². The van der Waals surface area contributed by atoms with Crippen molar-refractivity contribution in [3.05, 3.63) is 71.7 Å². The number of amides is 2. The fraction of sp³-hybridized carbons (Fsp3) is 0.320. The molecular weight excluding hydrogens is 409 g/mol. The van der Waals surface area contributed by atoms with Gasteiger partial charge in [0, 0.05) is 30.8 Å². The number of benzene rings is 2. The molecule has 0 radical (unpaired) electrons. The highest BCUT2D eigenvalue weighted by Gasteiger charge is 2.28. The molecule has 1 saturated heterocycles. The first-order chi connectivity index (χ1) is 15.5. The Bertz CT molecular complexity index is 1130. The average molecular weight is 435 g/mol. The number of para-hydroxylation sites is 2. The van der Waals surface area contributed by atoms with E-state index in [2.05, 4.69) is 0 Å². The number of hydrogen-bond donors (Lipinski definition) is 1. The third kappa shape index (κ3) is 4.88. The van der Waals surface area contributed by atoms with E-state index < -0.39 is 11.7 Å². The summed E-state index contributed by atoms with van der Waals surface area (Å²) < 4.78 is 19.1. The second kappa shape index (κ2) is 9.77. The summed E-state index contributed by atoms with van der Waals surface area (Å²) in [6.07, 6.45) is 2.48. The van der Waals surface area contributed by atoms with Crippen molar-refractivity contribution in [1.82, 2.24) is 9.88 Å². The number of halogens is 1. The minimum absolute atomic E-state index is 0.0215. The van der Waals surface area contributed by atoms with Gasteiger partial charge in [-0.3, -0.25) is 14.6 Å². The van der Waals surface area contributed by atoms with Crippen LogP contribution in [0.25, 0.3) is 10.9 Å². The highest BCUT2D eigenvalue weighted by molar-refractivity contribution is 5.97. The highest BCUT2D eigenvalue weighted by Crippen LogP contribution is 2.30. The minimum atomic E-state index is -0.507. The van der Waals surface area contributed by atoms with Crippen LogP contribution in [0.1, 0.15) is 47.7 Å². The van der Waals surface area contributed by atoms with Crippen molar-refractivity contribution in [2.24, 2.45) is 5.73 Å².